The van der Waals surface area contributed by atoms with Crippen LogP contribution in [0.15, 0.2) is 38.8 Å². The lowest BCUT2D eigenvalue weighted by Crippen LogP contribution is -2.40. The van der Waals surface area contributed by atoms with Crippen molar-refractivity contribution in [3.8, 4) is 0 Å². The number of nitrogens with two attached hydrogens (primary N) is 1. The summed E-state index contributed by atoms with van der Waals surface area (Å²) in [6, 6.07) is 6.96. The second kappa shape index (κ2) is 4.46. The summed E-state index contributed by atoms with van der Waals surface area (Å²) in [5.74, 6) is -1.87. The van der Waals surface area contributed by atoms with Crippen LogP contribution in [0.25, 0.3) is 0 Å². The standard InChI is InChI=1S/C11H7BrN4O2S/c12-6-3-1-5(2-4-6)7-8(17)14-11-16(9(7)18)15-10(13)19-11/h1-4,7H,(H2,13,15). The third-order valence-electron chi connectivity index (χ3n) is 2.69. The summed E-state index contributed by atoms with van der Waals surface area (Å²) in [6.45, 7) is 0. The van der Waals surface area contributed by atoms with E-state index in [0.717, 1.165) is 21.2 Å². The lowest BCUT2D eigenvalue weighted by Gasteiger charge is -2.22. The molecule has 0 bridgehead atoms. The molecule has 1 atom stereocenters. The van der Waals surface area contributed by atoms with Crippen LogP contribution in [-0.4, -0.2) is 27.2 Å². The monoisotopic (exact) mass is 338 g/mol. The number of hydrogen-bond donors (Lipinski definition) is 1. The van der Waals surface area contributed by atoms with E-state index in [1.807, 2.05) is 0 Å². The zero-order valence-electron chi connectivity index (χ0n) is 9.41. The predicted octanol–water partition coefficient (Wildman–Crippen LogP) is 1.23. The summed E-state index contributed by atoms with van der Waals surface area (Å²) >= 11 is 4.31. The molecule has 2 aliphatic rings. The van der Waals surface area contributed by atoms with Gasteiger partial charge in [0, 0.05) is 4.47 Å². The second-order valence-corrected chi connectivity index (χ2v) is 5.81. The lowest BCUT2D eigenvalue weighted by atomic mass is 9.96. The van der Waals surface area contributed by atoms with E-state index >= 15 is 0 Å². The van der Waals surface area contributed by atoms with Gasteiger partial charge in [0.15, 0.2) is 5.17 Å². The molecule has 3 rings (SSSR count). The van der Waals surface area contributed by atoms with Crippen molar-refractivity contribution in [2.45, 2.75) is 5.92 Å². The maximum Gasteiger partial charge on any atom is 0.266 e. The molecule has 19 heavy (non-hydrogen) atoms. The van der Waals surface area contributed by atoms with Gasteiger partial charge in [0.2, 0.25) is 5.17 Å². The zero-order chi connectivity index (χ0) is 13.6. The Bertz CT molecular complexity index is 641. The van der Waals surface area contributed by atoms with Gasteiger partial charge in [0.05, 0.1) is 0 Å². The fourth-order valence-corrected chi connectivity index (χ4v) is 2.77. The van der Waals surface area contributed by atoms with Gasteiger partial charge in [0.25, 0.3) is 11.8 Å². The van der Waals surface area contributed by atoms with Gasteiger partial charge in [-0.3, -0.25) is 9.59 Å². The Morgan fingerprint density at radius 3 is 2.63 bits per heavy atom. The average Bonchev–Trinajstić information content (AvgIpc) is 2.72. The SMILES string of the molecule is NC1=NN2C(=O)C(c3ccc(Br)cc3)C(=O)N=C2S1. The maximum atomic E-state index is 12.3. The summed E-state index contributed by atoms with van der Waals surface area (Å²) < 4.78 is 0.871. The fourth-order valence-electron chi connectivity index (χ4n) is 1.84. The van der Waals surface area contributed by atoms with Gasteiger partial charge >= 0.3 is 0 Å². The van der Waals surface area contributed by atoms with Gasteiger partial charge in [-0.05, 0) is 29.5 Å². The van der Waals surface area contributed by atoms with Crippen molar-refractivity contribution in [1.29, 1.82) is 0 Å². The number of hydrazone groups is 1. The van der Waals surface area contributed by atoms with E-state index in [9.17, 15) is 9.59 Å². The van der Waals surface area contributed by atoms with E-state index in [2.05, 4.69) is 26.0 Å². The highest BCUT2D eigenvalue weighted by Gasteiger charge is 2.42. The molecule has 0 spiro atoms. The third-order valence-corrected chi connectivity index (χ3v) is 3.95. The molecular weight excluding hydrogens is 332 g/mol. The molecule has 96 valence electrons. The minimum absolute atomic E-state index is 0.205. The smallest absolute Gasteiger partial charge is 0.266 e. The molecule has 2 N–H and O–H groups in total. The number of halogens is 1. The van der Waals surface area contributed by atoms with Gasteiger partial charge in [-0.1, -0.05) is 28.1 Å². The van der Waals surface area contributed by atoms with Crippen LogP contribution >= 0.6 is 27.7 Å². The van der Waals surface area contributed by atoms with Gasteiger partial charge < -0.3 is 5.73 Å². The highest BCUT2D eigenvalue weighted by atomic mass is 79.9. The average molecular weight is 339 g/mol. The Morgan fingerprint density at radius 1 is 1.26 bits per heavy atom. The topological polar surface area (TPSA) is 88.1 Å². The number of nitrogens with zero attached hydrogens (tertiary/aromatic N) is 3. The van der Waals surface area contributed by atoms with Crippen molar-refractivity contribution < 1.29 is 9.59 Å². The van der Waals surface area contributed by atoms with Crippen molar-refractivity contribution in [2.24, 2.45) is 15.8 Å². The maximum absolute atomic E-state index is 12.3. The number of hydrogen-bond acceptors (Lipinski definition) is 5. The second-order valence-electron chi connectivity index (χ2n) is 3.91. The Kier molecular flexibility index (Phi) is 2.90. The van der Waals surface area contributed by atoms with Crippen LogP contribution in [0.1, 0.15) is 11.5 Å². The molecule has 0 fully saturated rings. The largest absolute Gasteiger partial charge is 0.376 e. The Hall–Kier alpha value is -1.67. The van der Waals surface area contributed by atoms with E-state index in [0.29, 0.717) is 5.56 Å². The number of amidine groups is 2. The third kappa shape index (κ3) is 2.06. The Labute approximate surface area is 120 Å². The molecule has 0 aliphatic carbocycles. The van der Waals surface area contributed by atoms with Crippen LogP contribution in [0.4, 0.5) is 0 Å². The number of aliphatic imine (C=N–C) groups is 1. The van der Waals surface area contributed by atoms with Crippen molar-refractivity contribution in [2.75, 3.05) is 0 Å². The van der Waals surface area contributed by atoms with Crippen LogP contribution in [0.3, 0.4) is 0 Å². The lowest BCUT2D eigenvalue weighted by molar-refractivity contribution is -0.135. The van der Waals surface area contributed by atoms with E-state index < -0.39 is 17.7 Å². The first-order chi connectivity index (χ1) is 9.06. The first kappa shape index (κ1) is 12.4. The van der Waals surface area contributed by atoms with E-state index in [-0.39, 0.29) is 10.3 Å². The van der Waals surface area contributed by atoms with Crippen LogP contribution in [0.2, 0.25) is 0 Å². The molecule has 0 aromatic heterocycles. The van der Waals surface area contributed by atoms with Crippen LogP contribution < -0.4 is 5.73 Å². The van der Waals surface area contributed by atoms with Crippen molar-refractivity contribution in [3.63, 3.8) is 0 Å². The molecule has 1 aromatic carbocycles. The van der Waals surface area contributed by atoms with Crippen LogP contribution in [0.5, 0.6) is 0 Å². The quantitative estimate of drug-likeness (QED) is 0.780. The number of rotatable bonds is 1. The van der Waals surface area contributed by atoms with Gasteiger partial charge in [-0.2, -0.15) is 10.0 Å². The molecule has 0 saturated carbocycles. The fraction of sp³-hybridized carbons (Fsp3) is 0.0909. The van der Waals surface area contributed by atoms with Crippen molar-refractivity contribution in [1.82, 2.24) is 5.01 Å². The molecule has 1 aromatic rings. The molecule has 1 unspecified atom stereocenters. The first-order valence-corrected chi connectivity index (χ1v) is 6.91. The van der Waals surface area contributed by atoms with E-state index in [4.69, 9.17) is 5.73 Å². The van der Waals surface area contributed by atoms with E-state index in [1.54, 1.807) is 24.3 Å². The summed E-state index contributed by atoms with van der Waals surface area (Å²) in [6.07, 6.45) is 0. The Morgan fingerprint density at radius 2 is 1.95 bits per heavy atom. The summed E-state index contributed by atoms with van der Waals surface area (Å²) in [5.41, 5.74) is 6.12. The summed E-state index contributed by atoms with van der Waals surface area (Å²) in [7, 11) is 0. The molecule has 2 aliphatic heterocycles. The van der Waals surface area contributed by atoms with Gasteiger partial charge in [-0.25, -0.2) is 0 Å². The highest BCUT2D eigenvalue weighted by Crippen LogP contribution is 2.31. The summed E-state index contributed by atoms with van der Waals surface area (Å²) in [4.78, 5) is 28.1. The number of benzene rings is 1. The van der Waals surface area contributed by atoms with Crippen LogP contribution in [-0.2, 0) is 9.59 Å². The zero-order valence-corrected chi connectivity index (χ0v) is 11.8. The number of amides is 2. The minimum atomic E-state index is -0.952. The summed E-state index contributed by atoms with van der Waals surface area (Å²) in [5, 5.41) is 5.39. The first-order valence-electron chi connectivity index (χ1n) is 5.30. The molecule has 0 saturated heterocycles. The molecule has 2 heterocycles. The Balaban J connectivity index is 2.02. The molecular formula is C11H7BrN4O2S. The highest BCUT2D eigenvalue weighted by molar-refractivity contribution is 9.10. The molecule has 6 nitrogen and oxygen atoms in total. The van der Waals surface area contributed by atoms with Gasteiger partial charge in [-0.15, -0.1) is 5.10 Å². The van der Waals surface area contributed by atoms with Crippen LogP contribution in [0, 0.1) is 0 Å². The normalized spacial score (nSPS) is 22.2. The van der Waals surface area contributed by atoms with E-state index in [1.165, 1.54) is 0 Å². The van der Waals surface area contributed by atoms with Crippen molar-refractivity contribution >= 4 is 49.8 Å². The molecule has 8 heteroatoms. The number of fused-ring (bicyclic) bond motifs is 1. The number of thioether (sulfide) groups is 1. The van der Waals surface area contributed by atoms with Gasteiger partial charge in [0.1, 0.15) is 5.92 Å². The molecule has 2 amide bonds. The predicted molar refractivity (Wildman–Crippen MR) is 75.4 cm³/mol. The minimum Gasteiger partial charge on any atom is -0.376 e. The van der Waals surface area contributed by atoms with Crippen molar-refractivity contribution in [3.05, 3.63) is 34.3 Å². The number of carbonyl (C=O) groups excluding carboxylic acids is 2. The molecule has 0 radical (unpaired) electrons. The number of carbonyl (C=O) groups is 2.